The molecule has 98 valence electrons. The van der Waals surface area contributed by atoms with Crippen LogP contribution in [0.4, 0.5) is 0 Å². The largest absolute Gasteiger partial charge is 0.395 e. The fraction of sp³-hybridized carbons (Fsp3) is 0.750. The molecule has 2 fully saturated rings. The minimum absolute atomic E-state index is 0.0118. The summed E-state index contributed by atoms with van der Waals surface area (Å²) in [6, 6.07) is 0.257. The van der Waals surface area contributed by atoms with Gasteiger partial charge >= 0.3 is 0 Å². The number of aromatic amines is 1. The van der Waals surface area contributed by atoms with Crippen LogP contribution in [0, 0.1) is 0 Å². The molecule has 2 aliphatic carbocycles. The average molecular weight is 250 g/mol. The van der Waals surface area contributed by atoms with Gasteiger partial charge in [0.1, 0.15) is 5.82 Å². The Kier molecular flexibility index (Phi) is 3.03. The molecule has 6 heteroatoms. The molecule has 0 aromatic carbocycles. The normalized spacial score (nSPS) is 19.6. The summed E-state index contributed by atoms with van der Waals surface area (Å²) < 4.78 is 0. The van der Waals surface area contributed by atoms with Gasteiger partial charge < -0.3 is 10.0 Å². The zero-order valence-electron chi connectivity index (χ0n) is 10.3. The number of aliphatic hydroxyl groups excluding tert-OH is 1. The minimum Gasteiger partial charge on any atom is -0.395 e. The Morgan fingerprint density at radius 2 is 2.17 bits per heavy atom. The Hall–Kier alpha value is -1.43. The van der Waals surface area contributed by atoms with Crippen molar-refractivity contribution in [2.45, 2.75) is 44.1 Å². The Bertz CT molecular complexity index is 437. The van der Waals surface area contributed by atoms with E-state index in [1.165, 1.54) is 0 Å². The summed E-state index contributed by atoms with van der Waals surface area (Å²) in [5.41, 5.74) is 0. The van der Waals surface area contributed by atoms with Crippen LogP contribution < -0.4 is 0 Å². The molecule has 2 N–H and O–H groups in total. The third-order valence-electron chi connectivity index (χ3n) is 3.78. The van der Waals surface area contributed by atoms with Crippen LogP contribution in [-0.2, 0) is 0 Å². The van der Waals surface area contributed by atoms with Crippen molar-refractivity contribution in [3.8, 4) is 0 Å². The van der Waals surface area contributed by atoms with Crippen molar-refractivity contribution < 1.29 is 9.90 Å². The lowest BCUT2D eigenvalue weighted by Crippen LogP contribution is -2.46. The Morgan fingerprint density at radius 1 is 1.39 bits per heavy atom. The lowest BCUT2D eigenvalue weighted by Gasteiger charge is -2.36. The number of hydrogen-bond acceptors (Lipinski definition) is 4. The zero-order valence-corrected chi connectivity index (χ0v) is 10.3. The number of carbonyl (C=O) groups is 1. The summed E-state index contributed by atoms with van der Waals surface area (Å²) in [5.74, 6) is 1.39. The van der Waals surface area contributed by atoms with Gasteiger partial charge in [0.2, 0.25) is 5.82 Å². The summed E-state index contributed by atoms with van der Waals surface area (Å²) in [6.45, 7) is 0.360. The first kappa shape index (κ1) is 11.6. The number of H-pyrrole nitrogens is 1. The first-order valence-electron chi connectivity index (χ1n) is 6.63. The predicted octanol–water partition coefficient (Wildman–Crippen LogP) is 0.669. The van der Waals surface area contributed by atoms with Crippen LogP contribution in [0.1, 0.15) is 54.5 Å². The Balaban J connectivity index is 1.72. The topological polar surface area (TPSA) is 82.1 Å². The van der Waals surface area contributed by atoms with E-state index in [1.54, 1.807) is 4.90 Å². The number of nitrogens with zero attached hydrogens (tertiary/aromatic N) is 3. The van der Waals surface area contributed by atoms with E-state index in [-0.39, 0.29) is 24.4 Å². The van der Waals surface area contributed by atoms with Crippen LogP contribution in [-0.4, -0.2) is 50.3 Å². The molecule has 1 aromatic heterocycles. The van der Waals surface area contributed by atoms with E-state index in [9.17, 15) is 4.79 Å². The van der Waals surface area contributed by atoms with Gasteiger partial charge in [-0.2, -0.15) is 0 Å². The van der Waals surface area contributed by atoms with Crippen LogP contribution in [0.15, 0.2) is 0 Å². The average Bonchev–Trinajstić information content (AvgIpc) is 3.04. The molecule has 18 heavy (non-hydrogen) atoms. The molecule has 0 saturated heterocycles. The first-order chi connectivity index (χ1) is 8.79. The van der Waals surface area contributed by atoms with E-state index in [0.29, 0.717) is 12.5 Å². The van der Waals surface area contributed by atoms with Gasteiger partial charge in [-0.25, -0.2) is 4.98 Å². The number of aliphatic hydroxyl groups is 1. The molecule has 2 aliphatic rings. The van der Waals surface area contributed by atoms with E-state index in [2.05, 4.69) is 15.2 Å². The zero-order chi connectivity index (χ0) is 12.5. The molecule has 0 unspecified atom stereocenters. The fourth-order valence-corrected chi connectivity index (χ4v) is 2.29. The van der Waals surface area contributed by atoms with Crippen LogP contribution >= 0.6 is 0 Å². The molecule has 3 rings (SSSR count). The maximum atomic E-state index is 12.3. The highest BCUT2D eigenvalue weighted by molar-refractivity contribution is 5.90. The van der Waals surface area contributed by atoms with Crippen molar-refractivity contribution >= 4 is 5.91 Å². The predicted molar refractivity (Wildman–Crippen MR) is 64.1 cm³/mol. The van der Waals surface area contributed by atoms with E-state index in [0.717, 1.165) is 37.9 Å². The molecule has 1 heterocycles. The smallest absolute Gasteiger partial charge is 0.293 e. The molecule has 2 saturated carbocycles. The number of nitrogens with one attached hydrogen (secondary N) is 1. The summed E-state index contributed by atoms with van der Waals surface area (Å²) in [5, 5.41) is 15.9. The van der Waals surface area contributed by atoms with Gasteiger partial charge in [-0.1, -0.05) is 0 Å². The summed E-state index contributed by atoms with van der Waals surface area (Å²) in [4.78, 5) is 18.3. The molecule has 6 nitrogen and oxygen atoms in total. The van der Waals surface area contributed by atoms with Gasteiger partial charge in [-0.05, 0) is 32.1 Å². The molecule has 0 atom stereocenters. The third-order valence-corrected chi connectivity index (χ3v) is 3.78. The second-order valence-electron chi connectivity index (χ2n) is 5.13. The van der Waals surface area contributed by atoms with E-state index >= 15 is 0 Å². The van der Waals surface area contributed by atoms with Crippen LogP contribution in [0.5, 0.6) is 0 Å². The van der Waals surface area contributed by atoms with Crippen molar-refractivity contribution in [3.63, 3.8) is 0 Å². The van der Waals surface area contributed by atoms with Crippen molar-refractivity contribution in [1.82, 2.24) is 20.1 Å². The van der Waals surface area contributed by atoms with Gasteiger partial charge in [0.25, 0.3) is 5.91 Å². The maximum Gasteiger partial charge on any atom is 0.293 e. The monoisotopic (exact) mass is 250 g/mol. The van der Waals surface area contributed by atoms with Crippen molar-refractivity contribution in [3.05, 3.63) is 11.6 Å². The number of hydrogen-bond donors (Lipinski definition) is 2. The van der Waals surface area contributed by atoms with Gasteiger partial charge in [-0.15, -0.1) is 5.10 Å². The second-order valence-corrected chi connectivity index (χ2v) is 5.13. The van der Waals surface area contributed by atoms with E-state index in [1.807, 2.05) is 0 Å². The van der Waals surface area contributed by atoms with E-state index < -0.39 is 0 Å². The Labute approximate surface area is 105 Å². The summed E-state index contributed by atoms with van der Waals surface area (Å²) >= 11 is 0. The fourth-order valence-electron chi connectivity index (χ4n) is 2.29. The lowest BCUT2D eigenvalue weighted by atomic mass is 9.91. The molecule has 1 aromatic rings. The molecule has 0 radical (unpaired) electrons. The van der Waals surface area contributed by atoms with Crippen molar-refractivity contribution in [2.75, 3.05) is 13.2 Å². The van der Waals surface area contributed by atoms with Gasteiger partial charge in [0.15, 0.2) is 0 Å². The van der Waals surface area contributed by atoms with Crippen LogP contribution in [0.25, 0.3) is 0 Å². The number of rotatable bonds is 5. The van der Waals surface area contributed by atoms with Gasteiger partial charge in [0, 0.05) is 18.5 Å². The maximum absolute atomic E-state index is 12.3. The van der Waals surface area contributed by atoms with E-state index in [4.69, 9.17) is 5.11 Å². The van der Waals surface area contributed by atoms with Crippen molar-refractivity contribution in [2.24, 2.45) is 0 Å². The SMILES string of the molecule is O=C(c1n[nH]c(C2CC2)n1)N(CCO)C1CCC1. The molecule has 0 aliphatic heterocycles. The Morgan fingerprint density at radius 3 is 2.72 bits per heavy atom. The highest BCUT2D eigenvalue weighted by Gasteiger charge is 2.33. The van der Waals surface area contributed by atoms with Crippen molar-refractivity contribution in [1.29, 1.82) is 0 Å². The number of amides is 1. The quantitative estimate of drug-likeness (QED) is 0.804. The molecule has 0 bridgehead atoms. The molecule has 1 amide bonds. The van der Waals surface area contributed by atoms with Gasteiger partial charge in [-0.3, -0.25) is 9.89 Å². The summed E-state index contributed by atoms with van der Waals surface area (Å²) in [6.07, 6.45) is 5.45. The minimum atomic E-state index is -0.156. The number of aromatic nitrogens is 3. The van der Waals surface area contributed by atoms with Gasteiger partial charge in [0.05, 0.1) is 6.61 Å². The highest BCUT2D eigenvalue weighted by Crippen LogP contribution is 2.37. The standard InChI is InChI=1S/C12H18N4O2/c17-7-6-16(9-2-1-3-9)12(18)11-13-10(14-15-11)8-4-5-8/h8-9,17H,1-7H2,(H,13,14,15). The lowest BCUT2D eigenvalue weighted by molar-refractivity contribution is 0.0514. The van der Waals surface area contributed by atoms with Crippen LogP contribution in [0.2, 0.25) is 0 Å². The molecular formula is C12H18N4O2. The number of carbonyl (C=O) groups excluding carboxylic acids is 1. The summed E-state index contributed by atoms with van der Waals surface area (Å²) in [7, 11) is 0. The molecular weight excluding hydrogens is 232 g/mol. The molecule has 0 spiro atoms. The second kappa shape index (κ2) is 4.68. The highest BCUT2D eigenvalue weighted by atomic mass is 16.3. The third kappa shape index (κ3) is 2.12. The first-order valence-corrected chi connectivity index (χ1v) is 6.63. The van der Waals surface area contributed by atoms with Crippen LogP contribution in [0.3, 0.4) is 0 Å².